The smallest absolute Gasteiger partial charge is 0.313 e. The zero-order chi connectivity index (χ0) is 18.6. The maximum atomic E-state index is 11.9. The number of carbonyl (C=O) groups excluding carboxylic acids is 2. The SMILES string of the molecule is Cc1cc([N+](=O)[O-])ccc1NC(=O)C(=O)NCC(O)c1sccc1C. The molecular formula is C16H17N3O5S. The second-order valence-corrected chi connectivity index (χ2v) is 6.35. The number of thiophene rings is 1. The summed E-state index contributed by atoms with van der Waals surface area (Å²) in [4.78, 5) is 34.6. The van der Waals surface area contributed by atoms with E-state index in [-0.39, 0.29) is 12.2 Å². The maximum absolute atomic E-state index is 11.9. The highest BCUT2D eigenvalue weighted by Gasteiger charge is 2.18. The molecule has 2 amide bonds. The molecule has 25 heavy (non-hydrogen) atoms. The van der Waals surface area contributed by atoms with Crippen molar-refractivity contribution in [1.29, 1.82) is 0 Å². The minimum atomic E-state index is -0.910. The van der Waals surface area contributed by atoms with Gasteiger partial charge in [-0.2, -0.15) is 0 Å². The van der Waals surface area contributed by atoms with Gasteiger partial charge in [0.05, 0.1) is 4.92 Å². The summed E-state index contributed by atoms with van der Waals surface area (Å²) in [5, 5.41) is 27.3. The monoisotopic (exact) mass is 363 g/mol. The highest BCUT2D eigenvalue weighted by atomic mass is 32.1. The first-order valence-electron chi connectivity index (χ1n) is 7.36. The second kappa shape index (κ2) is 7.86. The summed E-state index contributed by atoms with van der Waals surface area (Å²) < 4.78 is 0. The van der Waals surface area contributed by atoms with Gasteiger partial charge in [-0.3, -0.25) is 19.7 Å². The standard InChI is InChI=1S/C16H17N3O5S/c1-9-5-6-25-14(9)13(20)8-17-15(21)16(22)18-12-4-3-11(19(23)24)7-10(12)2/h3-7,13,20H,8H2,1-2H3,(H,17,21)(H,18,22). The lowest BCUT2D eigenvalue weighted by molar-refractivity contribution is -0.384. The summed E-state index contributed by atoms with van der Waals surface area (Å²) in [6, 6.07) is 5.76. The topological polar surface area (TPSA) is 122 Å². The van der Waals surface area contributed by atoms with E-state index in [1.165, 1.54) is 29.5 Å². The van der Waals surface area contributed by atoms with Crippen LogP contribution in [0.15, 0.2) is 29.6 Å². The van der Waals surface area contributed by atoms with Gasteiger partial charge in [0.25, 0.3) is 5.69 Å². The molecule has 2 rings (SSSR count). The number of benzene rings is 1. The van der Waals surface area contributed by atoms with Crippen LogP contribution in [0.1, 0.15) is 22.1 Å². The largest absolute Gasteiger partial charge is 0.386 e. The van der Waals surface area contributed by atoms with E-state index in [9.17, 15) is 24.8 Å². The van der Waals surface area contributed by atoms with Gasteiger partial charge >= 0.3 is 11.8 Å². The van der Waals surface area contributed by atoms with Gasteiger partial charge in [0.15, 0.2) is 0 Å². The van der Waals surface area contributed by atoms with Crippen LogP contribution in [-0.2, 0) is 9.59 Å². The summed E-state index contributed by atoms with van der Waals surface area (Å²) in [6.45, 7) is 3.34. The van der Waals surface area contributed by atoms with Gasteiger partial charge < -0.3 is 15.7 Å². The first-order chi connectivity index (χ1) is 11.8. The number of nitrogens with zero attached hydrogens (tertiary/aromatic N) is 1. The average molecular weight is 363 g/mol. The van der Waals surface area contributed by atoms with E-state index in [0.717, 1.165) is 10.4 Å². The molecule has 0 fully saturated rings. The Hall–Kier alpha value is -2.78. The summed E-state index contributed by atoms with van der Waals surface area (Å²) >= 11 is 1.37. The third kappa shape index (κ3) is 4.61. The molecule has 0 saturated carbocycles. The Kier molecular flexibility index (Phi) is 5.84. The number of aliphatic hydroxyl groups excluding tert-OH is 1. The molecule has 9 heteroatoms. The van der Waals surface area contributed by atoms with Crippen molar-refractivity contribution in [2.24, 2.45) is 0 Å². The molecule has 2 aromatic rings. The number of carbonyl (C=O) groups is 2. The van der Waals surface area contributed by atoms with E-state index in [4.69, 9.17) is 0 Å². The molecule has 0 aliphatic heterocycles. The molecule has 0 aliphatic rings. The molecule has 8 nitrogen and oxygen atoms in total. The Labute approximate surface area is 147 Å². The van der Waals surface area contributed by atoms with E-state index in [0.29, 0.717) is 11.3 Å². The summed E-state index contributed by atoms with van der Waals surface area (Å²) in [5.41, 5.74) is 1.58. The molecule has 1 unspecified atom stereocenters. The molecule has 1 atom stereocenters. The van der Waals surface area contributed by atoms with Crippen LogP contribution in [0.5, 0.6) is 0 Å². The summed E-state index contributed by atoms with van der Waals surface area (Å²) in [6.07, 6.45) is -0.891. The van der Waals surface area contributed by atoms with Gasteiger partial charge in [-0.15, -0.1) is 11.3 Å². The molecule has 0 bridgehead atoms. The van der Waals surface area contributed by atoms with Crippen LogP contribution >= 0.6 is 11.3 Å². The maximum Gasteiger partial charge on any atom is 0.313 e. The molecule has 3 N–H and O–H groups in total. The van der Waals surface area contributed by atoms with Crippen LogP contribution < -0.4 is 10.6 Å². The van der Waals surface area contributed by atoms with E-state index in [2.05, 4.69) is 10.6 Å². The minimum absolute atomic E-state index is 0.0904. The van der Waals surface area contributed by atoms with E-state index < -0.39 is 22.8 Å². The van der Waals surface area contributed by atoms with Crippen molar-refractivity contribution in [3.63, 3.8) is 0 Å². The fraction of sp³-hybridized carbons (Fsp3) is 0.250. The number of rotatable bonds is 5. The van der Waals surface area contributed by atoms with Crippen molar-refractivity contribution < 1.29 is 19.6 Å². The van der Waals surface area contributed by atoms with Crippen molar-refractivity contribution in [3.05, 3.63) is 55.8 Å². The third-order valence-corrected chi connectivity index (χ3v) is 4.66. The number of aliphatic hydroxyl groups is 1. The molecule has 0 spiro atoms. The number of non-ortho nitro benzene ring substituents is 1. The van der Waals surface area contributed by atoms with Crippen LogP contribution in [0.25, 0.3) is 0 Å². The fourth-order valence-corrected chi connectivity index (χ4v) is 3.08. The number of anilines is 1. The minimum Gasteiger partial charge on any atom is -0.386 e. The van der Waals surface area contributed by atoms with Gasteiger partial charge in [-0.1, -0.05) is 0 Å². The average Bonchev–Trinajstić information content (AvgIpc) is 2.99. The van der Waals surface area contributed by atoms with E-state index >= 15 is 0 Å². The van der Waals surface area contributed by atoms with E-state index in [1.807, 2.05) is 18.4 Å². The Morgan fingerprint density at radius 2 is 1.96 bits per heavy atom. The highest BCUT2D eigenvalue weighted by molar-refractivity contribution is 7.10. The van der Waals surface area contributed by atoms with Crippen molar-refractivity contribution in [3.8, 4) is 0 Å². The number of aryl methyl sites for hydroxylation is 2. The molecule has 1 heterocycles. The Morgan fingerprint density at radius 1 is 1.24 bits per heavy atom. The molecular weight excluding hydrogens is 346 g/mol. The highest BCUT2D eigenvalue weighted by Crippen LogP contribution is 2.23. The predicted molar refractivity (Wildman–Crippen MR) is 93.5 cm³/mol. The van der Waals surface area contributed by atoms with Gasteiger partial charge in [0, 0.05) is 29.2 Å². The zero-order valence-corrected chi connectivity index (χ0v) is 14.4. The summed E-state index contributed by atoms with van der Waals surface area (Å²) in [5.74, 6) is -1.81. The van der Waals surface area contributed by atoms with Crippen LogP contribution in [0, 0.1) is 24.0 Å². The van der Waals surface area contributed by atoms with Crippen molar-refractivity contribution in [2.45, 2.75) is 20.0 Å². The normalized spacial score (nSPS) is 11.6. The van der Waals surface area contributed by atoms with Gasteiger partial charge in [0.2, 0.25) is 0 Å². The molecule has 132 valence electrons. The lowest BCUT2D eigenvalue weighted by atomic mass is 10.2. The molecule has 1 aromatic carbocycles. The van der Waals surface area contributed by atoms with Gasteiger partial charge in [0.1, 0.15) is 6.10 Å². The molecule has 0 aliphatic carbocycles. The molecule has 0 radical (unpaired) electrons. The van der Waals surface area contributed by atoms with Crippen LogP contribution in [0.2, 0.25) is 0 Å². The van der Waals surface area contributed by atoms with Gasteiger partial charge in [-0.05, 0) is 42.5 Å². The second-order valence-electron chi connectivity index (χ2n) is 5.40. The Morgan fingerprint density at radius 3 is 2.52 bits per heavy atom. The first kappa shape index (κ1) is 18.6. The number of hydrogen-bond donors (Lipinski definition) is 3. The Bertz CT molecular complexity index is 818. The lowest BCUT2D eigenvalue weighted by Gasteiger charge is -2.12. The Balaban J connectivity index is 1.93. The van der Waals surface area contributed by atoms with Crippen molar-refractivity contribution >= 4 is 34.5 Å². The van der Waals surface area contributed by atoms with Crippen molar-refractivity contribution in [1.82, 2.24) is 5.32 Å². The molecule has 1 aromatic heterocycles. The molecule has 0 saturated heterocycles. The number of hydrogen-bond acceptors (Lipinski definition) is 6. The predicted octanol–water partition coefficient (Wildman–Crippen LogP) is 2.06. The van der Waals surface area contributed by atoms with E-state index in [1.54, 1.807) is 6.92 Å². The van der Waals surface area contributed by atoms with Crippen LogP contribution in [0.3, 0.4) is 0 Å². The number of amides is 2. The summed E-state index contributed by atoms with van der Waals surface area (Å²) in [7, 11) is 0. The quantitative estimate of drug-likeness (QED) is 0.426. The zero-order valence-electron chi connectivity index (χ0n) is 13.6. The van der Waals surface area contributed by atoms with Gasteiger partial charge in [-0.25, -0.2) is 0 Å². The van der Waals surface area contributed by atoms with Crippen LogP contribution in [0.4, 0.5) is 11.4 Å². The number of nitro benzene ring substituents is 1. The fourth-order valence-electron chi connectivity index (χ4n) is 2.17. The number of nitrogens with one attached hydrogen (secondary N) is 2. The number of nitro groups is 1. The first-order valence-corrected chi connectivity index (χ1v) is 8.24. The lowest BCUT2D eigenvalue weighted by Crippen LogP contribution is -2.37. The van der Waals surface area contributed by atoms with Crippen molar-refractivity contribution in [2.75, 3.05) is 11.9 Å². The third-order valence-electron chi connectivity index (χ3n) is 3.54. The van der Waals surface area contributed by atoms with Crippen LogP contribution in [-0.4, -0.2) is 28.4 Å².